The molecule has 2 saturated carbocycles. The molecule has 2 aliphatic carbocycles. The van der Waals surface area contributed by atoms with Crippen molar-refractivity contribution in [1.82, 2.24) is 10.2 Å². The molecule has 3 aliphatic rings. The van der Waals surface area contributed by atoms with E-state index in [4.69, 9.17) is 4.74 Å². The van der Waals surface area contributed by atoms with Crippen LogP contribution in [0.2, 0.25) is 0 Å². The topological polar surface area (TPSA) is 24.5 Å². The van der Waals surface area contributed by atoms with Crippen LogP contribution in [0.3, 0.4) is 0 Å². The second-order valence-corrected chi connectivity index (χ2v) is 7.56. The standard InChI is InChI=1S/C17H32N2O/c1-20-12-15-7-10-19(11-15)14-17(8-3-2-4-9-17)13-18-16-5-6-16/h15-16,18H,2-14H2,1H3. The lowest BCUT2D eigenvalue weighted by molar-refractivity contribution is 0.106. The van der Waals surface area contributed by atoms with E-state index in [1.165, 1.54) is 77.5 Å². The zero-order chi connectivity index (χ0) is 13.8. The van der Waals surface area contributed by atoms with E-state index in [1.807, 2.05) is 7.11 Å². The smallest absolute Gasteiger partial charge is 0.0503 e. The van der Waals surface area contributed by atoms with Gasteiger partial charge in [-0.2, -0.15) is 0 Å². The lowest BCUT2D eigenvalue weighted by Crippen LogP contribution is -2.45. The average Bonchev–Trinajstić information content (AvgIpc) is 3.20. The third-order valence-corrected chi connectivity index (χ3v) is 5.59. The van der Waals surface area contributed by atoms with Gasteiger partial charge in [0, 0.05) is 32.8 Å². The summed E-state index contributed by atoms with van der Waals surface area (Å²) in [5.74, 6) is 0.775. The summed E-state index contributed by atoms with van der Waals surface area (Å²) in [5.41, 5.74) is 0.572. The van der Waals surface area contributed by atoms with Crippen LogP contribution in [0.5, 0.6) is 0 Å². The van der Waals surface area contributed by atoms with E-state index < -0.39 is 0 Å². The molecule has 0 aromatic heterocycles. The van der Waals surface area contributed by atoms with Crippen molar-refractivity contribution in [3.63, 3.8) is 0 Å². The van der Waals surface area contributed by atoms with Gasteiger partial charge in [0.2, 0.25) is 0 Å². The van der Waals surface area contributed by atoms with E-state index in [9.17, 15) is 0 Å². The monoisotopic (exact) mass is 280 g/mol. The normalized spacial score (nSPS) is 30.8. The summed E-state index contributed by atoms with van der Waals surface area (Å²) in [7, 11) is 1.84. The van der Waals surface area contributed by atoms with Crippen LogP contribution in [0.1, 0.15) is 51.4 Å². The molecule has 1 atom stereocenters. The molecule has 1 heterocycles. The fourth-order valence-corrected chi connectivity index (χ4v) is 4.24. The van der Waals surface area contributed by atoms with Gasteiger partial charge in [0.15, 0.2) is 0 Å². The van der Waals surface area contributed by atoms with Gasteiger partial charge in [-0.15, -0.1) is 0 Å². The minimum Gasteiger partial charge on any atom is -0.384 e. The first-order valence-electron chi connectivity index (χ1n) is 8.74. The first kappa shape index (κ1) is 14.8. The summed E-state index contributed by atoms with van der Waals surface area (Å²) in [6, 6.07) is 0.855. The highest BCUT2D eigenvalue weighted by molar-refractivity contribution is 4.92. The maximum absolute atomic E-state index is 5.34. The number of nitrogens with one attached hydrogen (secondary N) is 1. The number of hydrogen-bond acceptors (Lipinski definition) is 3. The maximum Gasteiger partial charge on any atom is 0.0503 e. The molecule has 0 radical (unpaired) electrons. The van der Waals surface area contributed by atoms with Gasteiger partial charge in [0.25, 0.3) is 0 Å². The van der Waals surface area contributed by atoms with E-state index >= 15 is 0 Å². The van der Waals surface area contributed by atoms with Crippen molar-refractivity contribution in [2.75, 3.05) is 39.9 Å². The molecule has 3 nitrogen and oxygen atoms in total. The van der Waals surface area contributed by atoms with E-state index in [0.717, 1.165) is 18.6 Å². The van der Waals surface area contributed by atoms with Crippen molar-refractivity contribution < 1.29 is 4.74 Å². The summed E-state index contributed by atoms with van der Waals surface area (Å²) in [6.45, 7) is 6.10. The van der Waals surface area contributed by atoms with Gasteiger partial charge in [0.05, 0.1) is 6.61 Å². The predicted octanol–water partition coefficient (Wildman–Crippen LogP) is 2.66. The Morgan fingerprint density at radius 3 is 2.65 bits per heavy atom. The molecule has 20 heavy (non-hydrogen) atoms. The maximum atomic E-state index is 5.34. The minimum atomic E-state index is 0.572. The number of rotatable bonds is 7. The van der Waals surface area contributed by atoms with Crippen LogP contribution < -0.4 is 5.32 Å². The summed E-state index contributed by atoms with van der Waals surface area (Å²) in [6.07, 6.45) is 11.4. The third kappa shape index (κ3) is 3.96. The van der Waals surface area contributed by atoms with Gasteiger partial charge in [-0.05, 0) is 50.0 Å². The van der Waals surface area contributed by atoms with Crippen LogP contribution in [-0.4, -0.2) is 50.8 Å². The molecular weight excluding hydrogens is 248 g/mol. The molecule has 0 aromatic carbocycles. The molecular formula is C17H32N2O. The first-order chi connectivity index (χ1) is 9.80. The van der Waals surface area contributed by atoms with Crippen LogP contribution in [-0.2, 0) is 4.74 Å². The molecule has 0 aromatic rings. The Morgan fingerprint density at radius 2 is 1.95 bits per heavy atom. The molecule has 0 amide bonds. The van der Waals surface area contributed by atoms with Gasteiger partial charge in [0.1, 0.15) is 0 Å². The van der Waals surface area contributed by atoms with Crippen molar-refractivity contribution in [1.29, 1.82) is 0 Å². The number of ether oxygens (including phenoxy) is 1. The van der Waals surface area contributed by atoms with E-state index in [-0.39, 0.29) is 0 Å². The Morgan fingerprint density at radius 1 is 1.15 bits per heavy atom. The summed E-state index contributed by atoms with van der Waals surface area (Å²) in [4.78, 5) is 2.73. The summed E-state index contributed by atoms with van der Waals surface area (Å²) < 4.78 is 5.34. The molecule has 3 rings (SSSR count). The van der Waals surface area contributed by atoms with Crippen LogP contribution in [0.25, 0.3) is 0 Å². The largest absolute Gasteiger partial charge is 0.384 e. The molecule has 1 aliphatic heterocycles. The lowest BCUT2D eigenvalue weighted by atomic mass is 9.73. The highest BCUT2D eigenvalue weighted by Gasteiger charge is 2.37. The fourth-order valence-electron chi connectivity index (χ4n) is 4.24. The van der Waals surface area contributed by atoms with Crippen molar-refractivity contribution in [3.05, 3.63) is 0 Å². The second kappa shape index (κ2) is 6.76. The number of hydrogen-bond donors (Lipinski definition) is 1. The molecule has 0 bridgehead atoms. The van der Waals surface area contributed by atoms with E-state index in [2.05, 4.69) is 10.2 Å². The number of methoxy groups -OCH3 is 1. The van der Waals surface area contributed by atoms with Gasteiger partial charge < -0.3 is 15.0 Å². The Bertz CT molecular complexity index is 297. The quantitative estimate of drug-likeness (QED) is 0.776. The van der Waals surface area contributed by atoms with Crippen molar-refractivity contribution in [2.24, 2.45) is 11.3 Å². The lowest BCUT2D eigenvalue weighted by Gasteiger charge is -2.40. The Hall–Kier alpha value is -0.120. The molecule has 1 N–H and O–H groups in total. The van der Waals surface area contributed by atoms with Crippen LogP contribution in [0.15, 0.2) is 0 Å². The molecule has 3 heteroatoms. The summed E-state index contributed by atoms with van der Waals surface area (Å²) >= 11 is 0. The summed E-state index contributed by atoms with van der Waals surface area (Å²) in [5, 5.41) is 3.83. The SMILES string of the molecule is COCC1CCN(CC2(CNC3CC3)CCCCC2)C1. The first-order valence-corrected chi connectivity index (χ1v) is 8.74. The Labute approximate surface area is 124 Å². The van der Waals surface area contributed by atoms with Gasteiger partial charge in [-0.3, -0.25) is 0 Å². The predicted molar refractivity (Wildman–Crippen MR) is 83.0 cm³/mol. The highest BCUT2D eigenvalue weighted by Crippen LogP contribution is 2.38. The number of likely N-dealkylation sites (tertiary alicyclic amines) is 1. The molecule has 116 valence electrons. The molecule has 1 saturated heterocycles. The van der Waals surface area contributed by atoms with Crippen molar-refractivity contribution in [2.45, 2.75) is 57.4 Å². The average molecular weight is 280 g/mol. The van der Waals surface area contributed by atoms with Crippen LogP contribution >= 0.6 is 0 Å². The highest BCUT2D eigenvalue weighted by atomic mass is 16.5. The van der Waals surface area contributed by atoms with Gasteiger partial charge in [-0.25, -0.2) is 0 Å². The van der Waals surface area contributed by atoms with Crippen LogP contribution in [0, 0.1) is 11.3 Å². The second-order valence-electron chi connectivity index (χ2n) is 7.56. The minimum absolute atomic E-state index is 0.572. The molecule has 1 unspecified atom stereocenters. The Balaban J connectivity index is 1.52. The zero-order valence-corrected chi connectivity index (χ0v) is 13.2. The Kier molecular flexibility index (Phi) is 5.00. The van der Waals surface area contributed by atoms with Gasteiger partial charge >= 0.3 is 0 Å². The third-order valence-electron chi connectivity index (χ3n) is 5.59. The van der Waals surface area contributed by atoms with Crippen molar-refractivity contribution >= 4 is 0 Å². The number of nitrogens with zero attached hydrogens (tertiary/aromatic N) is 1. The molecule has 3 fully saturated rings. The van der Waals surface area contributed by atoms with E-state index in [0.29, 0.717) is 5.41 Å². The van der Waals surface area contributed by atoms with Gasteiger partial charge in [-0.1, -0.05) is 19.3 Å². The fraction of sp³-hybridized carbons (Fsp3) is 1.00. The van der Waals surface area contributed by atoms with E-state index in [1.54, 1.807) is 0 Å². The molecule has 0 spiro atoms. The van der Waals surface area contributed by atoms with Crippen LogP contribution in [0.4, 0.5) is 0 Å². The zero-order valence-electron chi connectivity index (χ0n) is 13.2. The van der Waals surface area contributed by atoms with Crippen molar-refractivity contribution in [3.8, 4) is 0 Å².